The van der Waals surface area contributed by atoms with Crippen LogP contribution >= 0.6 is 12.4 Å². The van der Waals surface area contributed by atoms with Gasteiger partial charge in [-0.1, -0.05) is 24.3 Å². The molecule has 2 aromatic rings. The van der Waals surface area contributed by atoms with E-state index >= 15 is 0 Å². The van der Waals surface area contributed by atoms with Crippen LogP contribution in [-0.4, -0.2) is 64.0 Å². The number of nitrogens with one attached hydrogen (secondary N) is 2. The number of rotatable bonds is 4. The van der Waals surface area contributed by atoms with Gasteiger partial charge in [0.2, 0.25) is 5.91 Å². The lowest BCUT2D eigenvalue weighted by molar-refractivity contribution is -0.134. The lowest BCUT2D eigenvalue weighted by Crippen LogP contribution is -2.50. The summed E-state index contributed by atoms with van der Waals surface area (Å²) >= 11 is 0. The van der Waals surface area contributed by atoms with Crippen LogP contribution in [0, 0.1) is 0 Å². The summed E-state index contributed by atoms with van der Waals surface area (Å²) in [4.78, 5) is 33.5. The third-order valence-electron chi connectivity index (χ3n) is 5.75. The van der Waals surface area contributed by atoms with Crippen molar-refractivity contribution in [3.05, 3.63) is 53.6 Å². The van der Waals surface area contributed by atoms with Crippen LogP contribution in [-0.2, 0) is 24.8 Å². The van der Waals surface area contributed by atoms with Crippen LogP contribution < -0.4 is 10.6 Å². The topological polar surface area (TPSA) is 82.5 Å². The summed E-state index contributed by atoms with van der Waals surface area (Å²) in [7, 11) is 1.94. The van der Waals surface area contributed by atoms with Gasteiger partial charge in [-0.25, -0.2) is 9.78 Å². The minimum Gasteiger partial charge on any atom is -0.337 e. The van der Waals surface area contributed by atoms with Gasteiger partial charge < -0.3 is 25.0 Å². The smallest absolute Gasteiger partial charge is 0.317 e. The van der Waals surface area contributed by atoms with Crippen molar-refractivity contribution in [2.24, 2.45) is 7.05 Å². The number of aryl methyl sites for hydroxylation is 1. The number of urea groups is 1. The largest absolute Gasteiger partial charge is 0.337 e. The summed E-state index contributed by atoms with van der Waals surface area (Å²) < 4.78 is 1.95. The SMILES string of the molecule is Cl.Cn1ccnc1C1CNCCN1C(=O)CCNC(=O)N1CCc2ccccc2C1. The molecule has 30 heavy (non-hydrogen) atoms. The predicted octanol–water partition coefficient (Wildman–Crippen LogP) is 1.47. The number of amides is 3. The van der Waals surface area contributed by atoms with Crippen molar-refractivity contribution in [1.29, 1.82) is 0 Å². The molecule has 0 bridgehead atoms. The number of benzene rings is 1. The molecule has 2 aliphatic rings. The van der Waals surface area contributed by atoms with E-state index in [4.69, 9.17) is 0 Å². The average molecular weight is 433 g/mol. The Bertz CT molecular complexity index is 886. The Kier molecular flexibility index (Phi) is 7.33. The third-order valence-corrected chi connectivity index (χ3v) is 5.75. The van der Waals surface area contributed by atoms with Crippen molar-refractivity contribution < 1.29 is 9.59 Å². The maximum Gasteiger partial charge on any atom is 0.317 e. The van der Waals surface area contributed by atoms with E-state index in [2.05, 4.69) is 27.8 Å². The summed E-state index contributed by atoms with van der Waals surface area (Å²) in [6.45, 7) is 3.77. The van der Waals surface area contributed by atoms with Gasteiger partial charge in [-0.3, -0.25) is 4.79 Å². The number of fused-ring (bicyclic) bond motifs is 1. The van der Waals surface area contributed by atoms with E-state index in [0.717, 1.165) is 18.8 Å². The predicted molar refractivity (Wildman–Crippen MR) is 116 cm³/mol. The van der Waals surface area contributed by atoms with E-state index in [1.54, 1.807) is 6.20 Å². The molecule has 0 saturated carbocycles. The van der Waals surface area contributed by atoms with Crippen LogP contribution in [0.2, 0.25) is 0 Å². The molecule has 0 spiro atoms. The number of halogens is 1. The fourth-order valence-corrected chi connectivity index (χ4v) is 4.13. The molecule has 3 heterocycles. The number of imidazole rings is 1. The number of nitrogens with zero attached hydrogens (tertiary/aromatic N) is 4. The standard InChI is InChI=1S/C21H28N6O2.ClH/c1-25-12-10-23-20(25)18-14-22-9-13-27(18)19(28)6-8-24-21(29)26-11-7-16-4-2-3-5-17(16)15-26;/h2-5,10,12,18,22H,6-9,11,13-15H2,1H3,(H,24,29);1H. The van der Waals surface area contributed by atoms with E-state index in [1.807, 2.05) is 39.7 Å². The Balaban J connectivity index is 0.00000256. The normalized spacial score (nSPS) is 18.4. The molecule has 1 unspecified atom stereocenters. The minimum absolute atomic E-state index is 0. The second-order valence-electron chi connectivity index (χ2n) is 7.63. The van der Waals surface area contributed by atoms with Crippen molar-refractivity contribution in [1.82, 2.24) is 30.0 Å². The average Bonchev–Trinajstić information content (AvgIpc) is 3.19. The highest BCUT2D eigenvalue weighted by molar-refractivity contribution is 5.85. The molecule has 0 aliphatic carbocycles. The van der Waals surface area contributed by atoms with Gasteiger partial charge in [0.25, 0.3) is 0 Å². The first-order valence-electron chi connectivity index (χ1n) is 10.2. The Morgan fingerprint density at radius 3 is 2.80 bits per heavy atom. The van der Waals surface area contributed by atoms with E-state index in [-0.39, 0.29) is 36.8 Å². The van der Waals surface area contributed by atoms with Crippen molar-refractivity contribution in [3.63, 3.8) is 0 Å². The Labute approximate surface area is 183 Å². The Morgan fingerprint density at radius 1 is 1.23 bits per heavy atom. The molecular formula is C21H29ClN6O2. The number of hydrogen-bond acceptors (Lipinski definition) is 4. The van der Waals surface area contributed by atoms with Gasteiger partial charge in [-0.2, -0.15) is 0 Å². The first kappa shape index (κ1) is 22.1. The van der Waals surface area contributed by atoms with Crippen LogP contribution in [0.15, 0.2) is 36.7 Å². The number of aromatic nitrogens is 2. The van der Waals surface area contributed by atoms with Crippen LogP contribution in [0.1, 0.15) is 29.4 Å². The molecule has 2 aliphatic heterocycles. The fraction of sp³-hybridized carbons (Fsp3) is 0.476. The Morgan fingerprint density at radius 2 is 2.03 bits per heavy atom. The molecule has 1 fully saturated rings. The lowest BCUT2D eigenvalue weighted by atomic mass is 10.0. The first-order chi connectivity index (χ1) is 14.1. The van der Waals surface area contributed by atoms with Gasteiger partial charge in [-0.15, -0.1) is 12.4 Å². The first-order valence-corrected chi connectivity index (χ1v) is 10.2. The molecule has 0 radical (unpaired) electrons. The molecule has 1 aromatic heterocycles. The van der Waals surface area contributed by atoms with Crippen LogP contribution in [0.25, 0.3) is 0 Å². The molecule has 1 atom stereocenters. The summed E-state index contributed by atoms with van der Waals surface area (Å²) in [6.07, 6.45) is 4.80. The fourth-order valence-electron chi connectivity index (χ4n) is 4.13. The quantitative estimate of drug-likeness (QED) is 0.766. The maximum atomic E-state index is 12.8. The summed E-state index contributed by atoms with van der Waals surface area (Å²) in [5.74, 6) is 0.922. The second kappa shape index (κ2) is 9.95. The molecule has 162 valence electrons. The Hall–Kier alpha value is -2.58. The lowest BCUT2D eigenvalue weighted by Gasteiger charge is -2.36. The zero-order valence-electron chi connectivity index (χ0n) is 17.2. The van der Waals surface area contributed by atoms with Gasteiger partial charge in [0.15, 0.2) is 0 Å². The molecule has 1 aromatic carbocycles. The summed E-state index contributed by atoms with van der Waals surface area (Å²) in [5, 5.41) is 6.25. The van der Waals surface area contributed by atoms with E-state index in [1.165, 1.54) is 11.1 Å². The highest BCUT2D eigenvalue weighted by atomic mass is 35.5. The number of piperazine rings is 1. The number of hydrogen-bond donors (Lipinski definition) is 2. The highest BCUT2D eigenvalue weighted by Crippen LogP contribution is 2.21. The van der Waals surface area contributed by atoms with Gasteiger partial charge in [0.05, 0.1) is 0 Å². The van der Waals surface area contributed by atoms with Crippen LogP contribution in [0.4, 0.5) is 4.79 Å². The zero-order chi connectivity index (χ0) is 20.2. The molecule has 9 heteroatoms. The van der Waals surface area contributed by atoms with Crippen molar-refractivity contribution in [2.45, 2.75) is 25.4 Å². The molecule has 2 N–H and O–H groups in total. The van der Waals surface area contributed by atoms with Gasteiger partial charge in [-0.05, 0) is 17.5 Å². The van der Waals surface area contributed by atoms with E-state index in [0.29, 0.717) is 32.7 Å². The van der Waals surface area contributed by atoms with Crippen LogP contribution in [0.5, 0.6) is 0 Å². The monoisotopic (exact) mass is 432 g/mol. The number of carbonyl (C=O) groups excluding carboxylic acids is 2. The summed E-state index contributed by atoms with van der Waals surface area (Å²) in [5.41, 5.74) is 2.51. The molecular weight excluding hydrogens is 404 g/mol. The van der Waals surface area contributed by atoms with Crippen LogP contribution in [0.3, 0.4) is 0 Å². The molecule has 4 rings (SSSR count). The van der Waals surface area contributed by atoms with Gasteiger partial charge in [0, 0.05) is 65.1 Å². The second-order valence-corrected chi connectivity index (χ2v) is 7.63. The van der Waals surface area contributed by atoms with E-state index in [9.17, 15) is 9.59 Å². The third kappa shape index (κ3) is 4.76. The molecule has 8 nitrogen and oxygen atoms in total. The van der Waals surface area contributed by atoms with Gasteiger partial charge >= 0.3 is 6.03 Å². The maximum absolute atomic E-state index is 12.8. The van der Waals surface area contributed by atoms with Crippen molar-refractivity contribution in [3.8, 4) is 0 Å². The summed E-state index contributed by atoms with van der Waals surface area (Å²) in [6, 6.07) is 8.05. The molecule has 1 saturated heterocycles. The van der Waals surface area contributed by atoms with Gasteiger partial charge in [0.1, 0.15) is 11.9 Å². The van der Waals surface area contributed by atoms with Crippen molar-refractivity contribution >= 4 is 24.3 Å². The van der Waals surface area contributed by atoms with Crippen molar-refractivity contribution in [2.75, 3.05) is 32.7 Å². The number of carbonyl (C=O) groups is 2. The molecule has 3 amide bonds. The minimum atomic E-state index is -0.103. The highest BCUT2D eigenvalue weighted by Gasteiger charge is 2.30. The van der Waals surface area contributed by atoms with E-state index < -0.39 is 0 Å². The zero-order valence-corrected chi connectivity index (χ0v) is 18.0.